The quantitative estimate of drug-likeness (QED) is 0.703. The Balaban J connectivity index is 2.16. The molecule has 0 saturated carbocycles. The Bertz CT molecular complexity index is 779. The second kappa shape index (κ2) is 4.52. The molecule has 3 N–H and O–H groups in total. The van der Waals surface area contributed by atoms with Gasteiger partial charge in [0.25, 0.3) is 0 Å². The minimum atomic E-state index is -4.28. The van der Waals surface area contributed by atoms with Crippen molar-refractivity contribution in [3.05, 3.63) is 29.6 Å². The van der Waals surface area contributed by atoms with Crippen molar-refractivity contribution in [1.29, 1.82) is 0 Å². The molecule has 3 nitrogen and oxygen atoms in total. The van der Waals surface area contributed by atoms with Crippen molar-refractivity contribution >= 4 is 43.8 Å². The molecule has 20 heavy (non-hydrogen) atoms. The van der Waals surface area contributed by atoms with Crippen LogP contribution in [-0.4, -0.2) is 17.7 Å². The largest absolute Gasteiger partial charge is 0.405 e. The second-order valence-electron chi connectivity index (χ2n) is 4.37. The average molecular weight is 297 g/mol. The van der Waals surface area contributed by atoms with Gasteiger partial charge in [-0.2, -0.15) is 13.2 Å². The van der Waals surface area contributed by atoms with Crippen LogP contribution in [0, 0.1) is 0 Å². The molecular formula is C13H10F3N3S. The highest BCUT2D eigenvalue weighted by Crippen LogP contribution is 2.34. The number of alkyl halides is 3. The summed E-state index contributed by atoms with van der Waals surface area (Å²) in [6.45, 7) is -1.11. The molecule has 104 valence electrons. The number of nitrogen functional groups attached to an aromatic ring is 1. The highest BCUT2D eigenvalue weighted by Gasteiger charge is 2.27. The molecule has 0 unspecified atom stereocenters. The smallest absolute Gasteiger partial charge is 0.399 e. The number of rotatable bonds is 2. The number of benzene rings is 1. The Labute approximate surface area is 116 Å². The van der Waals surface area contributed by atoms with E-state index in [9.17, 15) is 13.2 Å². The van der Waals surface area contributed by atoms with Crippen molar-refractivity contribution in [2.45, 2.75) is 6.18 Å². The first-order valence-corrected chi connectivity index (χ1v) is 6.69. The van der Waals surface area contributed by atoms with E-state index in [0.717, 1.165) is 10.1 Å². The van der Waals surface area contributed by atoms with Gasteiger partial charge in [-0.15, -0.1) is 11.3 Å². The Hall–Kier alpha value is -2.02. The number of fused-ring (bicyclic) bond motifs is 3. The highest BCUT2D eigenvalue weighted by atomic mass is 32.1. The summed E-state index contributed by atoms with van der Waals surface area (Å²) in [4.78, 5) is 4.26. The van der Waals surface area contributed by atoms with Crippen LogP contribution in [-0.2, 0) is 0 Å². The third kappa shape index (κ3) is 2.36. The topological polar surface area (TPSA) is 50.9 Å². The molecule has 7 heteroatoms. The summed E-state index contributed by atoms with van der Waals surface area (Å²) in [5, 5.41) is 5.77. The van der Waals surface area contributed by atoms with Gasteiger partial charge in [0, 0.05) is 21.2 Å². The monoisotopic (exact) mass is 297 g/mol. The number of anilines is 2. The van der Waals surface area contributed by atoms with Crippen LogP contribution in [0.25, 0.3) is 21.0 Å². The maximum Gasteiger partial charge on any atom is 0.405 e. The molecular weight excluding hydrogens is 287 g/mol. The standard InChI is InChI=1S/C13H10F3N3S/c14-13(15,16)6-18-12-9-3-4-20-11(9)8-2-1-7(17)5-10(8)19-12/h1-5H,6,17H2,(H,18,19). The molecule has 0 aliphatic carbocycles. The van der Waals surface area contributed by atoms with E-state index in [4.69, 9.17) is 5.73 Å². The van der Waals surface area contributed by atoms with Crippen LogP contribution in [0.4, 0.5) is 24.7 Å². The number of hydrogen-bond donors (Lipinski definition) is 2. The number of nitrogens with two attached hydrogens (primary N) is 1. The molecule has 0 aliphatic rings. The van der Waals surface area contributed by atoms with E-state index in [1.54, 1.807) is 18.2 Å². The molecule has 1 aromatic carbocycles. The van der Waals surface area contributed by atoms with Crippen LogP contribution in [0.1, 0.15) is 0 Å². The van der Waals surface area contributed by atoms with Crippen LogP contribution in [0.2, 0.25) is 0 Å². The first-order chi connectivity index (χ1) is 9.44. The molecule has 0 atom stereocenters. The minimum absolute atomic E-state index is 0.233. The maximum absolute atomic E-state index is 12.3. The zero-order valence-electron chi connectivity index (χ0n) is 10.2. The van der Waals surface area contributed by atoms with Crippen molar-refractivity contribution in [2.75, 3.05) is 17.6 Å². The summed E-state index contributed by atoms with van der Waals surface area (Å²) in [5.74, 6) is 0.233. The van der Waals surface area contributed by atoms with E-state index in [2.05, 4.69) is 10.3 Å². The van der Waals surface area contributed by atoms with Crippen molar-refractivity contribution < 1.29 is 13.2 Å². The molecule has 2 aromatic heterocycles. The molecule has 2 heterocycles. The van der Waals surface area contributed by atoms with E-state index in [1.807, 2.05) is 11.4 Å². The van der Waals surface area contributed by atoms with E-state index in [1.165, 1.54) is 11.3 Å². The van der Waals surface area contributed by atoms with Gasteiger partial charge in [-0.25, -0.2) is 4.98 Å². The van der Waals surface area contributed by atoms with Gasteiger partial charge in [-0.3, -0.25) is 0 Å². The maximum atomic E-state index is 12.3. The van der Waals surface area contributed by atoms with Gasteiger partial charge in [0.2, 0.25) is 0 Å². The number of halogens is 3. The Morgan fingerprint density at radius 1 is 1.20 bits per heavy atom. The van der Waals surface area contributed by atoms with Crippen molar-refractivity contribution in [2.24, 2.45) is 0 Å². The minimum Gasteiger partial charge on any atom is -0.399 e. The lowest BCUT2D eigenvalue weighted by atomic mass is 10.1. The number of nitrogens with zero attached hydrogens (tertiary/aromatic N) is 1. The SMILES string of the molecule is Nc1ccc2c(c1)nc(NCC(F)(F)F)c1ccsc12. The first kappa shape index (κ1) is 13.0. The number of aromatic nitrogens is 1. The number of nitrogens with one attached hydrogen (secondary N) is 1. The number of hydrogen-bond acceptors (Lipinski definition) is 4. The van der Waals surface area contributed by atoms with Crippen molar-refractivity contribution in [3.8, 4) is 0 Å². The predicted molar refractivity (Wildman–Crippen MR) is 76.1 cm³/mol. The Morgan fingerprint density at radius 3 is 2.75 bits per heavy atom. The Kier molecular flexibility index (Phi) is 2.93. The van der Waals surface area contributed by atoms with E-state index in [0.29, 0.717) is 16.6 Å². The lowest BCUT2D eigenvalue weighted by Gasteiger charge is -2.11. The normalized spacial score (nSPS) is 12.2. The third-order valence-corrected chi connectivity index (χ3v) is 3.82. The average Bonchev–Trinajstić information content (AvgIpc) is 2.83. The lowest BCUT2D eigenvalue weighted by Crippen LogP contribution is -2.21. The molecule has 0 spiro atoms. The molecule has 0 fully saturated rings. The summed E-state index contributed by atoms with van der Waals surface area (Å²) in [5.41, 5.74) is 6.82. The van der Waals surface area contributed by atoms with Gasteiger partial charge in [-0.1, -0.05) is 0 Å². The van der Waals surface area contributed by atoms with E-state index in [-0.39, 0.29) is 5.82 Å². The molecule has 0 aliphatic heterocycles. The second-order valence-corrected chi connectivity index (χ2v) is 5.29. The third-order valence-electron chi connectivity index (χ3n) is 2.88. The fourth-order valence-corrected chi connectivity index (χ4v) is 2.97. The molecule has 0 radical (unpaired) electrons. The zero-order chi connectivity index (χ0) is 14.3. The van der Waals surface area contributed by atoms with Crippen LogP contribution in [0.5, 0.6) is 0 Å². The highest BCUT2D eigenvalue weighted by molar-refractivity contribution is 7.18. The lowest BCUT2D eigenvalue weighted by molar-refractivity contribution is -0.115. The zero-order valence-corrected chi connectivity index (χ0v) is 11.0. The van der Waals surface area contributed by atoms with Gasteiger partial charge in [0.05, 0.1) is 5.52 Å². The molecule has 0 bridgehead atoms. The van der Waals surface area contributed by atoms with Crippen LogP contribution < -0.4 is 11.1 Å². The molecule has 0 saturated heterocycles. The summed E-state index contributed by atoms with van der Waals surface area (Å²) in [6, 6.07) is 7.02. The van der Waals surface area contributed by atoms with E-state index < -0.39 is 12.7 Å². The van der Waals surface area contributed by atoms with Gasteiger partial charge >= 0.3 is 6.18 Å². The summed E-state index contributed by atoms with van der Waals surface area (Å²) in [6.07, 6.45) is -4.28. The van der Waals surface area contributed by atoms with Gasteiger partial charge in [0.1, 0.15) is 12.4 Å². The van der Waals surface area contributed by atoms with Gasteiger partial charge in [0.15, 0.2) is 0 Å². The summed E-state index contributed by atoms with van der Waals surface area (Å²) < 4.78 is 37.9. The van der Waals surface area contributed by atoms with Crippen LogP contribution in [0.3, 0.4) is 0 Å². The number of pyridine rings is 1. The van der Waals surface area contributed by atoms with Gasteiger partial charge in [-0.05, 0) is 29.6 Å². The van der Waals surface area contributed by atoms with E-state index >= 15 is 0 Å². The van der Waals surface area contributed by atoms with Crippen LogP contribution >= 0.6 is 11.3 Å². The fourth-order valence-electron chi connectivity index (χ4n) is 2.04. The molecule has 3 aromatic rings. The summed E-state index contributed by atoms with van der Waals surface area (Å²) in [7, 11) is 0. The Morgan fingerprint density at radius 2 is 2.00 bits per heavy atom. The number of thiophene rings is 1. The predicted octanol–water partition coefficient (Wildman–Crippen LogP) is 4.01. The van der Waals surface area contributed by atoms with Crippen molar-refractivity contribution in [3.63, 3.8) is 0 Å². The first-order valence-electron chi connectivity index (χ1n) is 5.81. The van der Waals surface area contributed by atoms with Gasteiger partial charge < -0.3 is 11.1 Å². The fraction of sp³-hybridized carbons (Fsp3) is 0.154. The summed E-state index contributed by atoms with van der Waals surface area (Å²) >= 11 is 1.47. The van der Waals surface area contributed by atoms with Crippen molar-refractivity contribution in [1.82, 2.24) is 4.98 Å². The molecule has 3 rings (SSSR count). The molecule has 0 amide bonds. The van der Waals surface area contributed by atoms with Crippen LogP contribution in [0.15, 0.2) is 29.6 Å².